The van der Waals surface area contributed by atoms with Crippen molar-refractivity contribution in [3.8, 4) is 0 Å². The number of carbonyl (C=O) groups excluding carboxylic acids is 2. The minimum Gasteiger partial charge on any atom is -0.429 e. The zero-order valence-corrected chi connectivity index (χ0v) is 7.30. The smallest absolute Gasteiger partial charge is 0.321 e. The highest BCUT2D eigenvalue weighted by atomic mass is 35.5. The van der Waals surface area contributed by atoms with Crippen LogP contribution in [0.25, 0.3) is 0 Å². The number of hydrogen-bond donors (Lipinski definition) is 2. The number of hydrogen-bond acceptors (Lipinski definition) is 3. The monoisotopic (exact) mass is 202 g/mol. The summed E-state index contributed by atoms with van der Waals surface area (Å²) in [5, 5.41) is 4.79. The maximum Gasteiger partial charge on any atom is 0.321 e. The summed E-state index contributed by atoms with van der Waals surface area (Å²) in [7, 11) is 0. The molecule has 5 nitrogen and oxygen atoms in total. The molecule has 0 radical (unpaired) electrons. The average molecular weight is 203 g/mol. The minimum atomic E-state index is -0.516. The van der Waals surface area contributed by atoms with Crippen molar-refractivity contribution in [1.29, 1.82) is 0 Å². The lowest BCUT2D eigenvalue weighted by molar-refractivity contribution is -0.107. The van der Waals surface area contributed by atoms with Crippen LogP contribution in [0.3, 0.4) is 0 Å². The van der Waals surface area contributed by atoms with Gasteiger partial charge in [-0.2, -0.15) is 0 Å². The van der Waals surface area contributed by atoms with Crippen molar-refractivity contribution in [2.45, 2.75) is 0 Å². The number of nitrogens with one attached hydrogen (secondary N) is 2. The third kappa shape index (κ3) is 3.16. The molecule has 13 heavy (non-hydrogen) atoms. The van der Waals surface area contributed by atoms with E-state index in [2.05, 4.69) is 10.6 Å². The minimum absolute atomic E-state index is 0.0414. The third-order valence-corrected chi connectivity index (χ3v) is 1.36. The summed E-state index contributed by atoms with van der Waals surface area (Å²) in [6.45, 7) is -0.0414. The lowest BCUT2D eigenvalue weighted by atomic mass is 10.6. The fourth-order valence-electron chi connectivity index (χ4n) is 0.672. The van der Waals surface area contributed by atoms with E-state index in [-0.39, 0.29) is 17.6 Å². The first-order chi connectivity index (χ1) is 6.22. The van der Waals surface area contributed by atoms with Crippen LogP contribution in [0.1, 0.15) is 0 Å². The van der Waals surface area contributed by atoms with Gasteiger partial charge < -0.3 is 14.5 Å². The molecule has 0 saturated carbocycles. The maximum atomic E-state index is 10.9. The van der Waals surface area contributed by atoms with Gasteiger partial charge in [0.1, 0.15) is 6.29 Å². The Hall–Kier alpha value is -1.49. The van der Waals surface area contributed by atoms with E-state index in [1.807, 2.05) is 0 Å². The van der Waals surface area contributed by atoms with Gasteiger partial charge in [0.2, 0.25) is 5.88 Å². The molecule has 0 saturated heterocycles. The number of halogens is 1. The number of aldehydes is 1. The largest absolute Gasteiger partial charge is 0.429 e. The van der Waals surface area contributed by atoms with Gasteiger partial charge >= 0.3 is 6.03 Å². The number of carbonyl (C=O) groups is 2. The van der Waals surface area contributed by atoms with Gasteiger partial charge in [-0.25, -0.2) is 4.79 Å². The molecule has 0 bridgehead atoms. The van der Waals surface area contributed by atoms with Crippen LogP contribution in [0, 0.1) is 0 Å². The van der Waals surface area contributed by atoms with Gasteiger partial charge in [0.25, 0.3) is 0 Å². The van der Waals surface area contributed by atoms with Crippen molar-refractivity contribution in [2.75, 3.05) is 11.9 Å². The maximum absolute atomic E-state index is 10.9. The lowest BCUT2D eigenvalue weighted by Gasteiger charge is -2.00. The molecule has 0 atom stereocenters. The zero-order valence-electron chi connectivity index (χ0n) is 6.54. The van der Waals surface area contributed by atoms with Crippen LogP contribution in [0.15, 0.2) is 16.5 Å². The quantitative estimate of drug-likeness (QED) is 0.725. The van der Waals surface area contributed by atoms with E-state index < -0.39 is 6.03 Å². The van der Waals surface area contributed by atoms with Gasteiger partial charge in [-0.1, -0.05) is 0 Å². The fraction of sp³-hybridized carbons (Fsp3) is 0.143. The molecule has 0 spiro atoms. The molecular weight excluding hydrogens is 196 g/mol. The molecule has 1 aromatic rings. The SMILES string of the molecule is O=CCNC(=O)Nc1ccc(Cl)o1. The van der Waals surface area contributed by atoms with E-state index in [4.69, 9.17) is 16.0 Å². The van der Waals surface area contributed by atoms with E-state index in [9.17, 15) is 9.59 Å². The number of anilines is 1. The third-order valence-electron chi connectivity index (χ3n) is 1.16. The molecule has 0 aliphatic carbocycles. The van der Waals surface area contributed by atoms with Gasteiger partial charge in [0.15, 0.2) is 5.22 Å². The molecule has 0 aliphatic rings. The van der Waals surface area contributed by atoms with Crippen LogP contribution in [-0.2, 0) is 4.79 Å². The first-order valence-corrected chi connectivity index (χ1v) is 3.84. The van der Waals surface area contributed by atoms with Crippen molar-refractivity contribution in [3.63, 3.8) is 0 Å². The summed E-state index contributed by atoms with van der Waals surface area (Å²) >= 11 is 5.45. The Bertz CT molecular complexity index is 310. The Balaban J connectivity index is 2.40. The van der Waals surface area contributed by atoms with Crippen LogP contribution in [0.5, 0.6) is 0 Å². The van der Waals surface area contributed by atoms with Crippen LogP contribution in [0.2, 0.25) is 5.22 Å². The molecule has 0 aliphatic heterocycles. The topological polar surface area (TPSA) is 71.3 Å². The summed E-state index contributed by atoms with van der Waals surface area (Å²) in [5.41, 5.74) is 0. The molecule has 2 N–H and O–H groups in total. The van der Waals surface area contributed by atoms with Crippen LogP contribution in [0.4, 0.5) is 10.7 Å². The van der Waals surface area contributed by atoms with Crippen molar-refractivity contribution < 1.29 is 14.0 Å². The molecule has 6 heteroatoms. The van der Waals surface area contributed by atoms with E-state index in [1.54, 1.807) is 0 Å². The predicted octanol–water partition coefficient (Wildman–Crippen LogP) is 1.25. The Kier molecular flexibility index (Phi) is 3.33. The number of furan rings is 1. The van der Waals surface area contributed by atoms with E-state index >= 15 is 0 Å². The zero-order chi connectivity index (χ0) is 9.68. The summed E-state index contributed by atoms with van der Waals surface area (Å²) in [6, 6.07) is 2.48. The van der Waals surface area contributed by atoms with Gasteiger partial charge in [0, 0.05) is 6.07 Å². The highest BCUT2D eigenvalue weighted by molar-refractivity contribution is 6.29. The van der Waals surface area contributed by atoms with Crippen LogP contribution in [-0.4, -0.2) is 18.9 Å². The van der Waals surface area contributed by atoms with Crippen LogP contribution >= 0.6 is 11.6 Å². The molecular formula is C7H7ClN2O3. The second-order valence-corrected chi connectivity index (χ2v) is 2.48. The molecule has 1 rings (SSSR count). The van der Waals surface area contributed by atoms with E-state index in [0.29, 0.717) is 6.29 Å². The first kappa shape index (κ1) is 9.60. The second-order valence-electron chi connectivity index (χ2n) is 2.11. The summed E-state index contributed by atoms with van der Waals surface area (Å²) < 4.78 is 4.84. The summed E-state index contributed by atoms with van der Waals surface area (Å²) in [4.78, 5) is 20.8. The molecule has 0 unspecified atom stereocenters. The van der Waals surface area contributed by atoms with Gasteiger partial charge in [-0.05, 0) is 17.7 Å². The number of rotatable bonds is 3. The Labute approximate surface area is 79.0 Å². The number of amides is 2. The highest BCUT2D eigenvalue weighted by Gasteiger charge is 2.03. The molecule has 0 fully saturated rings. The molecule has 1 heterocycles. The molecule has 0 aromatic carbocycles. The van der Waals surface area contributed by atoms with E-state index in [1.165, 1.54) is 12.1 Å². The number of urea groups is 1. The van der Waals surface area contributed by atoms with Crippen molar-refractivity contribution >= 4 is 29.8 Å². The lowest BCUT2D eigenvalue weighted by Crippen LogP contribution is -2.29. The van der Waals surface area contributed by atoms with Crippen molar-refractivity contribution in [1.82, 2.24) is 5.32 Å². The van der Waals surface area contributed by atoms with Gasteiger partial charge in [0.05, 0.1) is 6.54 Å². The Morgan fingerprint density at radius 1 is 1.62 bits per heavy atom. The predicted molar refractivity (Wildman–Crippen MR) is 46.8 cm³/mol. The fourth-order valence-corrected chi connectivity index (χ4v) is 0.818. The highest BCUT2D eigenvalue weighted by Crippen LogP contribution is 2.16. The second kappa shape index (κ2) is 4.51. The first-order valence-electron chi connectivity index (χ1n) is 3.46. The Morgan fingerprint density at radius 2 is 2.38 bits per heavy atom. The molecule has 2 amide bonds. The Morgan fingerprint density at radius 3 is 2.92 bits per heavy atom. The standard InChI is InChI=1S/C7H7ClN2O3/c8-5-1-2-6(13-5)10-7(12)9-3-4-11/h1-2,4H,3H2,(H2,9,10,12). The molecule has 1 aromatic heterocycles. The normalized spacial score (nSPS) is 9.31. The summed E-state index contributed by atoms with van der Waals surface area (Å²) in [5.74, 6) is 0.230. The van der Waals surface area contributed by atoms with Crippen molar-refractivity contribution in [3.05, 3.63) is 17.4 Å². The summed E-state index contributed by atoms with van der Waals surface area (Å²) in [6.07, 6.45) is 0.578. The average Bonchev–Trinajstić information content (AvgIpc) is 2.48. The van der Waals surface area contributed by atoms with Crippen molar-refractivity contribution in [2.24, 2.45) is 0 Å². The molecule has 70 valence electrons. The van der Waals surface area contributed by atoms with Gasteiger partial charge in [-0.3, -0.25) is 5.32 Å². The van der Waals surface area contributed by atoms with Crippen LogP contribution < -0.4 is 10.6 Å². The van der Waals surface area contributed by atoms with Gasteiger partial charge in [-0.15, -0.1) is 0 Å². The van der Waals surface area contributed by atoms with E-state index in [0.717, 1.165) is 0 Å².